The molecule has 0 bridgehead atoms. The van der Waals surface area contributed by atoms with Crippen LogP contribution in [-0.2, 0) is 0 Å². The van der Waals surface area contributed by atoms with Crippen molar-refractivity contribution in [2.45, 2.75) is 0 Å². The van der Waals surface area contributed by atoms with Crippen LogP contribution in [0.1, 0.15) is 0 Å². The molecule has 5 heteroatoms. The third-order valence-corrected chi connectivity index (χ3v) is 0. The summed E-state index contributed by atoms with van der Waals surface area (Å²) in [6, 6.07) is 0. The standard InChI is InChI=1S/Eu.3FH.K.H/h;3*1H;;/q+3;;;;;/p-3. The van der Waals surface area contributed by atoms with E-state index in [1.54, 1.807) is 0 Å². The Kier molecular flexibility index (Phi) is 15.3. The summed E-state index contributed by atoms with van der Waals surface area (Å²) in [6.45, 7) is 0. The van der Waals surface area contributed by atoms with Gasteiger partial charge in [0, 0.05) is 0 Å². The van der Waals surface area contributed by atoms with Gasteiger partial charge in [-0.25, -0.2) is 0 Å². The molecule has 5 heavy (non-hydrogen) atoms. The van der Waals surface area contributed by atoms with Crippen LogP contribution in [0.5, 0.6) is 0 Å². The molecular formula is HEuF3K. The number of hydrogen-bond acceptors (Lipinski definition) is 0. The molecule has 0 aliphatic rings. The predicted octanol–water partition coefficient (Wildman–Crippen LogP) is 0.612. The van der Waals surface area contributed by atoms with Crippen molar-refractivity contribution in [3.63, 3.8) is 0 Å². The number of hydrogen-bond donors (Lipinski definition) is 0. The first-order chi connectivity index (χ1) is 1.73. The van der Waals surface area contributed by atoms with Gasteiger partial charge in [0.25, 0.3) is 0 Å². The van der Waals surface area contributed by atoms with E-state index < -0.39 is 45.1 Å². The van der Waals surface area contributed by atoms with E-state index >= 15 is 0 Å². The molecule has 0 N–H and O–H groups in total. The summed E-state index contributed by atoms with van der Waals surface area (Å²) in [4.78, 5) is 0. The molecule has 0 radical (unpaired) electrons. The number of halogens is 3. The van der Waals surface area contributed by atoms with Crippen LogP contribution >= 0.6 is 0 Å². The van der Waals surface area contributed by atoms with Crippen molar-refractivity contribution < 1.29 is 45.1 Å². The van der Waals surface area contributed by atoms with Gasteiger partial charge in [-0.15, -0.1) is 0 Å². The van der Waals surface area contributed by atoms with E-state index in [1.165, 1.54) is 0 Å². The van der Waals surface area contributed by atoms with Crippen LogP contribution < -0.4 is 0 Å². The van der Waals surface area contributed by atoms with Crippen molar-refractivity contribution in [3.05, 3.63) is 0 Å². The van der Waals surface area contributed by atoms with Gasteiger partial charge in [-0.3, -0.25) is 0 Å². The molecule has 0 aliphatic heterocycles. The van der Waals surface area contributed by atoms with Crippen molar-refractivity contribution in [1.82, 2.24) is 0 Å². The average Bonchev–Trinajstić information content (AvgIpc) is 0.811. The topological polar surface area (TPSA) is 0 Å². The van der Waals surface area contributed by atoms with Crippen LogP contribution in [-0.4, -0.2) is 51.4 Å². The normalized spacial score (nSPS) is 9.00. The summed E-state index contributed by atoms with van der Waals surface area (Å²) in [5.41, 5.74) is 0. The molecule has 0 unspecified atom stereocenters. The van der Waals surface area contributed by atoms with Crippen LogP contribution in [0.25, 0.3) is 0 Å². The summed E-state index contributed by atoms with van der Waals surface area (Å²) in [7, 11) is 0. The Bertz CT molecular complexity index is 11.6. The van der Waals surface area contributed by atoms with Gasteiger partial charge in [-0.1, -0.05) is 0 Å². The molecule has 0 aromatic rings. The van der Waals surface area contributed by atoms with Gasteiger partial charge >= 0.3 is 96.5 Å². The molecule has 0 aromatic heterocycles. The van der Waals surface area contributed by atoms with E-state index in [1.807, 2.05) is 0 Å². The molecule has 0 nitrogen and oxygen atoms in total. The van der Waals surface area contributed by atoms with Gasteiger partial charge in [0.05, 0.1) is 0 Å². The second kappa shape index (κ2) is 7.01. The Balaban J connectivity index is 0. The summed E-state index contributed by atoms with van der Waals surface area (Å²) >= 11 is -4.96. The first kappa shape index (κ1) is 10.9. The van der Waals surface area contributed by atoms with E-state index in [-0.39, 0.29) is 51.4 Å². The summed E-state index contributed by atoms with van der Waals surface area (Å²) in [5, 5.41) is 0. The van der Waals surface area contributed by atoms with Crippen molar-refractivity contribution >= 4 is 51.4 Å². The fraction of sp³-hybridized carbons (Fsp3) is 0. The van der Waals surface area contributed by atoms with E-state index in [0.717, 1.165) is 0 Å². The van der Waals surface area contributed by atoms with Gasteiger partial charge in [0.1, 0.15) is 0 Å². The molecule has 0 aromatic carbocycles. The van der Waals surface area contributed by atoms with Gasteiger partial charge < -0.3 is 0 Å². The van der Waals surface area contributed by atoms with E-state index in [4.69, 9.17) is 0 Å². The second-order valence-electron chi connectivity index (χ2n) is 0.162. The maximum absolute atomic E-state index is 9.85. The van der Waals surface area contributed by atoms with Gasteiger partial charge in [0.2, 0.25) is 0 Å². The minimum absolute atomic E-state index is 0. The Labute approximate surface area is 93.2 Å². The van der Waals surface area contributed by atoms with Crippen molar-refractivity contribution in [2.24, 2.45) is 0 Å². The van der Waals surface area contributed by atoms with E-state index in [0.29, 0.717) is 0 Å². The van der Waals surface area contributed by atoms with Crippen LogP contribution in [0.2, 0.25) is 0 Å². The van der Waals surface area contributed by atoms with Gasteiger partial charge in [0.15, 0.2) is 0 Å². The fourth-order valence-corrected chi connectivity index (χ4v) is 0. The predicted molar refractivity (Wildman–Crippen MR) is 10.5 cm³/mol. The van der Waals surface area contributed by atoms with Crippen molar-refractivity contribution in [1.29, 1.82) is 0 Å². The first-order valence-corrected chi connectivity index (χ1v) is 3.18. The fourth-order valence-electron chi connectivity index (χ4n) is 0. The molecule has 0 fully saturated rings. The molecule has 0 rings (SSSR count). The molecular weight excluding hydrogens is 248 g/mol. The first-order valence-electron chi connectivity index (χ1n) is 0.429. The molecule has 0 aliphatic carbocycles. The Morgan fingerprint density at radius 2 is 1.00 bits per heavy atom. The minimum atomic E-state index is -4.96. The van der Waals surface area contributed by atoms with Gasteiger partial charge in [-0.2, -0.15) is 0 Å². The molecule has 0 spiro atoms. The summed E-state index contributed by atoms with van der Waals surface area (Å²) in [6.07, 6.45) is 0. The zero-order valence-corrected chi connectivity index (χ0v) is 3.94. The van der Waals surface area contributed by atoms with Crippen LogP contribution in [0.4, 0.5) is 0.0763 Å². The van der Waals surface area contributed by atoms with E-state index in [9.17, 15) is 0.0763 Å². The van der Waals surface area contributed by atoms with Gasteiger partial charge in [-0.05, 0) is 0 Å². The molecule has 0 saturated carbocycles. The molecule has 0 saturated heterocycles. The van der Waals surface area contributed by atoms with E-state index in [2.05, 4.69) is 0 Å². The Hall–Kier alpha value is 3.01. The second-order valence-corrected chi connectivity index (χ2v) is 1.20. The molecule has 0 heterocycles. The van der Waals surface area contributed by atoms with Crippen molar-refractivity contribution in [2.75, 3.05) is 0 Å². The third-order valence-electron chi connectivity index (χ3n) is 0. The zero-order chi connectivity index (χ0) is 3.58. The Morgan fingerprint density at radius 3 is 1.00 bits per heavy atom. The average molecular weight is 249 g/mol. The number of rotatable bonds is 0. The Morgan fingerprint density at radius 1 is 1.00 bits per heavy atom. The SMILES string of the molecule is [F][Eu]([F])[F].[KH]. The van der Waals surface area contributed by atoms with Crippen molar-refractivity contribution in [3.8, 4) is 0 Å². The quantitative estimate of drug-likeness (QED) is 0.552. The van der Waals surface area contributed by atoms with Crippen LogP contribution in [0.3, 0.4) is 0 Å². The molecule has 30 valence electrons. The third kappa shape index (κ3) is 19.4. The summed E-state index contributed by atoms with van der Waals surface area (Å²) in [5.74, 6) is 0. The van der Waals surface area contributed by atoms with Crippen LogP contribution in [0, 0.1) is 45.1 Å². The molecule has 0 amide bonds. The molecule has 0 atom stereocenters. The maximum atomic E-state index is 9.85. The zero-order valence-electron chi connectivity index (χ0n) is 1.51. The van der Waals surface area contributed by atoms with Crippen LogP contribution in [0.15, 0.2) is 0 Å². The summed E-state index contributed by atoms with van der Waals surface area (Å²) < 4.78 is 29.6. The monoisotopic (exact) mass is 250 g/mol.